The van der Waals surface area contributed by atoms with Crippen molar-refractivity contribution in [1.82, 2.24) is 0 Å². The van der Waals surface area contributed by atoms with Crippen molar-refractivity contribution in [1.29, 1.82) is 0 Å². The molecule has 5 nitrogen and oxygen atoms in total. The molecule has 0 spiro atoms. The highest BCUT2D eigenvalue weighted by molar-refractivity contribution is 7.89. The van der Waals surface area contributed by atoms with Gasteiger partial charge in [0.2, 0.25) is 10.0 Å². The molecule has 0 bridgehead atoms. The Morgan fingerprint density at radius 3 is 2.07 bits per heavy atom. The van der Waals surface area contributed by atoms with Crippen LogP contribution in [0, 0.1) is 0 Å². The first-order valence-electron chi connectivity index (χ1n) is 8.90. The van der Waals surface area contributed by atoms with Crippen LogP contribution in [0.3, 0.4) is 0 Å². The number of benzene rings is 2. The summed E-state index contributed by atoms with van der Waals surface area (Å²) in [6, 6.07) is 13.8. The molecular weight excluding hydrogens is 428 g/mol. The normalized spacial score (nSPS) is 11.5. The number of halogens is 1. The topological polar surface area (TPSA) is 80.5 Å². The zero-order chi connectivity index (χ0) is 21.3. The summed E-state index contributed by atoms with van der Waals surface area (Å²) < 4.78 is 23.2. The molecule has 29 heavy (non-hydrogen) atoms. The largest absolute Gasteiger partial charge is 0.376 e. The summed E-state index contributed by atoms with van der Waals surface area (Å²) in [6.45, 7) is 1.83. The van der Waals surface area contributed by atoms with Crippen molar-refractivity contribution in [2.24, 2.45) is 5.14 Å². The lowest BCUT2D eigenvalue weighted by atomic mass is 9.99. The van der Waals surface area contributed by atoms with Crippen LogP contribution in [0.4, 0.5) is 5.69 Å². The van der Waals surface area contributed by atoms with Crippen molar-refractivity contribution in [2.45, 2.75) is 18.2 Å². The molecule has 0 fully saturated rings. The summed E-state index contributed by atoms with van der Waals surface area (Å²) in [6.07, 6.45) is 0.371. The molecule has 2 aromatic carbocycles. The molecule has 3 rings (SSSR count). The highest BCUT2D eigenvalue weighted by Crippen LogP contribution is 2.48. The molecule has 152 valence electrons. The SMILES string of the molecule is CCC(=O)c1sc(-c2ccc(Cl)cc2)c(N(C)C)c1-c1ccc(S(N)(=O)=O)cc1. The van der Waals surface area contributed by atoms with Gasteiger partial charge in [-0.3, -0.25) is 4.79 Å². The van der Waals surface area contributed by atoms with Gasteiger partial charge in [-0.2, -0.15) is 0 Å². The molecule has 8 heteroatoms. The lowest BCUT2D eigenvalue weighted by molar-refractivity contribution is 0.0992. The Balaban J connectivity index is 2.29. The van der Waals surface area contributed by atoms with Gasteiger partial charge in [0.05, 0.1) is 20.3 Å². The van der Waals surface area contributed by atoms with E-state index >= 15 is 0 Å². The van der Waals surface area contributed by atoms with Crippen LogP contribution in [0.5, 0.6) is 0 Å². The number of thiophene rings is 1. The van der Waals surface area contributed by atoms with Gasteiger partial charge in [-0.25, -0.2) is 13.6 Å². The number of sulfonamides is 1. The fraction of sp³-hybridized carbons (Fsp3) is 0.190. The molecule has 0 amide bonds. The molecule has 0 radical (unpaired) electrons. The van der Waals surface area contributed by atoms with Crippen LogP contribution in [0.2, 0.25) is 5.02 Å². The van der Waals surface area contributed by atoms with E-state index in [-0.39, 0.29) is 10.7 Å². The molecule has 1 aromatic heterocycles. The first kappa shape index (κ1) is 21.5. The van der Waals surface area contributed by atoms with Gasteiger partial charge in [0.15, 0.2) is 5.78 Å². The maximum Gasteiger partial charge on any atom is 0.238 e. The monoisotopic (exact) mass is 448 g/mol. The van der Waals surface area contributed by atoms with Gasteiger partial charge in [-0.1, -0.05) is 42.8 Å². The van der Waals surface area contributed by atoms with Crippen LogP contribution in [0.15, 0.2) is 53.4 Å². The van der Waals surface area contributed by atoms with Crippen LogP contribution >= 0.6 is 22.9 Å². The first-order chi connectivity index (χ1) is 13.6. The number of Topliss-reactive ketones (excluding diaryl/α,β-unsaturated/α-hetero) is 1. The Kier molecular flexibility index (Phi) is 6.14. The van der Waals surface area contributed by atoms with E-state index in [1.54, 1.807) is 12.1 Å². The number of carbonyl (C=O) groups is 1. The maximum absolute atomic E-state index is 12.8. The first-order valence-corrected chi connectivity index (χ1v) is 11.6. The average Bonchev–Trinajstić information content (AvgIpc) is 3.08. The van der Waals surface area contributed by atoms with E-state index in [4.69, 9.17) is 16.7 Å². The van der Waals surface area contributed by atoms with E-state index in [0.29, 0.717) is 16.3 Å². The highest BCUT2D eigenvalue weighted by atomic mass is 35.5. The van der Waals surface area contributed by atoms with Gasteiger partial charge in [0.1, 0.15) is 0 Å². The Morgan fingerprint density at radius 1 is 1.03 bits per heavy atom. The fourth-order valence-corrected chi connectivity index (χ4v) is 5.14. The van der Waals surface area contributed by atoms with Crippen LogP contribution in [0.1, 0.15) is 23.0 Å². The standard InChI is InChI=1S/C21H21ClN2O3S2/c1-4-17(25)21-18(13-7-11-16(12-8-13)29(23,26)27)19(24(2)3)20(28-21)14-5-9-15(22)10-6-14/h5-12H,4H2,1-3H3,(H2,23,26,27). The van der Waals surface area contributed by atoms with E-state index in [1.807, 2.05) is 50.2 Å². The third kappa shape index (κ3) is 4.38. The van der Waals surface area contributed by atoms with Gasteiger partial charge >= 0.3 is 0 Å². The van der Waals surface area contributed by atoms with Crippen molar-refractivity contribution >= 4 is 44.4 Å². The lowest BCUT2D eigenvalue weighted by Crippen LogP contribution is -2.12. The molecule has 0 saturated carbocycles. The van der Waals surface area contributed by atoms with Crippen molar-refractivity contribution in [3.8, 4) is 21.6 Å². The number of anilines is 1. The van der Waals surface area contributed by atoms with Gasteiger partial charge in [-0.05, 0) is 35.4 Å². The van der Waals surface area contributed by atoms with Gasteiger partial charge < -0.3 is 4.90 Å². The Bertz CT molecular complexity index is 1150. The minimum absolute atomic E-state index is 0.0313. The highest BCUT2D eigenvalue weighted by Gasteiger charge is 2.25. The third-order valence-electron chi connectivity index (χ3n) is 4.48. The van der Waals surface area contributed by atoms with Crippen molar-refractivity contribution < 1.29 is 13.2 Å². The number of hydrogen-bond donors (Lipinski definition) is 1. The molecular formula is C21H21ClN2O3S2. The van der Waals surface area contributed by atoms with Crippen molar-refractivity contribution in [2.75, 3.05) is 19.0 Å². The molecule has 0 atom stereocenters. The smallest absolute Gasteiger partial charge is 0.238 e. The Hall–Kier alpha value is -2.19. The van der Waals surface area contributed by atoms with Crippen LogP contribution in [-0.2, 0) is 10.0 Å². The van der Waals surface area contributed by atoms with E-state index in [9.17, 15) is 13.2 Å². The second-order valence-electron chi connectivity index (χ2n) is 6.73. The predicted octanol–water partition coefficient (Wildman–Crippen LogP) is 5.04. The van der Waals surface area contributed by atoms with E-state index < -0.39 is 10.0 Å². The van der Waals surface area contributed by atoms with Gasteiger partial charge in [0.25, 0.3) is 0 Å². The Morgan fingerprint density at radius 2 is 1.59 bits per heavy atom. The predicted molar refractivity (Wildman–Crippen MR) is 121 cm³/mol. The lowest BCUT2D eigenvalue weighted by Gasteiger charge is -2.17. The summed E-state index contributed by atoms with van der Waals surface area (Å²) in [5.41, 5.74) is 3.41. The zero-order valence-electron chi connectivity index (χ0n) is 16.3. The summed E-state index contributed by atoms with van der Waals surface area (Å²) in [5, 5.41) is 5.86. The molecule has 0 unspecified atom stereocenters. The van der Waals surface area contributed by atoms with E-state index in [0.717, 1.165) is 27.3 Å². The summed E-state index contributed by atoms with van der Waals surface area (Å²) in [5.74, 6) is 0.0313. The quantitative estimate of drug-likeness (QED) is 0.535. The number of hydrogen-bond acceptors (Lipinski definition) is 5. The number of nitrogens with two attached hydrogens (primary N) is 1. The van der Waals surface area contributed by atoms with Crippen molar-refractivity contribution in [3.05, 3.63) is 58.4 Å². The number of nitrogens with zero attached hydrogens (tertiary/aromatic N) is 1. The molecule has 3 aromatic rings. The second kappa shape index (κ2) is 8.28. The minimum Gasteiger partial charge on any atom is -0.376 e. The average molecular weight is 449 g/mol. The molecule has 1 heterocycles. The van der Waals surface area contributed by atoms with E-state index in [1.165, 1.54) is 23.5 Å². The Labute approximate surface area is 179 Å². The maximum atomic E-state index is 12.8. The van der Waals surface area contributed by atoms with Crippen LogP contribution < -0.4 is 10.0 Å². The minimum atomic E-state index is -3.79. The molecule has 0 aliphatic heterocycles. The zero-order valence-corrected chi connectivity index (χ0v) is 18.7. The second-order valence-corrected chi connectivity index (χ2v) is 9.75. The number of rotatable bonds is 6. The summed E-state index contributed by atoms with van der Waals surface area (Å²) in [4.78, 5) is 16.4. The molecule has 0 aliphatic rings. The van der Waals surface area contributed by atoms with E-state index in [2.05, 4.69) is 0 Å². The van der Waals surface area contributed by atoms with Crippen LogP contribution in [0.25, 0.3) is 21.6 Å². The number of carbonyl (C=O) groups excluding carboxylic acids is 1. The molecule has 0 aliphatic carbocycles. The summed E-state index contributed by atoms with van der Waals surface area (Å²) in [7, 11) is 0.0526. The molecule has 2 N–H and O–H groups in total. The van der Waals surface area contributed by atoms with Crippen molar-refractivity contribution in [3.63, 3.8) is 0 Å². The van der Waals surface area contributed by atoms with Gasteiger partial charge in [0, 0.05) is 31.1 Å². The fourth-order valence-electron chi connectivity index (χ4n) is 3.08. The third-order valence-corrected chi connectivity index (χ3v) is 6.93. The molecule has 0 saturated heterocycles. The number of ketones is 1. The van der Waals surface area contributed by atoms with Crippen LogP contribution in [-0.4, -0.2) is 28.3 Å². The number of primary sulfonamides is 1. The summed E-state index contributed by atoms with van der Waals surface area (Å²) >= 11 is 7.47. The van der Waals surface area contributed by atoms with Gasteiger partial charge in [-0.15, -0.1) is 11.3 Å².